The number of nitriles is 1. The number of rotatable bonds is 5. The van der Waals surface area contributed by atoms with Gasteiger partial charge in [-0.1, -0.05) is 39.3 Å². The molecule has 1 aliphatic carbocycles. The predicted molar refractivity (Wildman–Crippen MR) is 89.4 cm³/mol. The molecule has 1 aromatic rings. The third-order valence-corrected chi connectivity index (χ3v) is 4.98. The van der Waals surface area contributed by atoms with Crippen molar-refractivity contribution in [2.24, 2.45) is 17.8 Å². The fourth-order valence-corrected chi connectivity index (χ4v) is 3.68. The maximum atomic E-state index is 11.8. The summed E-state index contributed by atoms with van der Waals surface area (Å²) in [5.41, 5.74) is 1.94. The molecule has 0 N–H and O–H groups in total. The molecule has 3 nitrogen and oxygen atoms in total. The van der Waals surface area contributed by atoms with Gasteiger partial charge in [0.2, 0.25) is 6.41 Å². The molecule has 118 valence electrons. The fraction of sp³-hybridized carbons (Fsp3) is 0.579. The summed E-state index contributed by atoms with van der Waals surface area (Å²) in [6.45, 7) is 6.79. The second-order valence-corrected chi connectivity index (χ2v) is 6.91. The van der Waals surface area contributed by atoms with Crippen molar-refractivity contribution in [2.75, 3.05) is 4.90 Å². The molecule has 1 saturated carbocycles. The lowest BCUT2D eigenvalue weighted by molar-refractivity contribution is -0.108. The van der Waals surface area contributed by atoms with E-state index in [4.69, 9.17) is 5.26 Å². The highest BCUT2D eigenvalue weighted by Gasteiger charge is 2.34. The SMILES string of the molecule is CC(C)[C@H]1CC[C@@H](C)C[C@H]1N(C=O)c1ccc(CC#N)cc1. The van der Waals surface area contributed by atoms with Crippen molar-refractivity contribution in [1.82, 2.24) is 0 Å². The highest BCUT2D eigenvalue weighted by molar-refractivity contribution is 5.76. The van der Waals surface area contributed by atoms with E-state index in [2.05, 4.69) is 26.8 Å². The Morgan fingerprint density at radius 3 is 2.55 bits per heavy atom. The Labute approximate surface area is 133 Å². The van der Waals surface area contributed by atoms with E-state index in [9.17, 15) is 4.79 Å². The third kappa shape index (κ3) is 3.68. The monoisotopic (exact) mass is 298 g/mol. The van der Waals surface area contributed by atoms with Crippen LogP contribution in [0.3, 0.4) is 0 Å². The van der Waals surface area contributed by atoms with Crippen LogP contribution in [0.5, 0.6) is 0 Å². The second-order valence-electron chi connectivity index (χ2n) is 6.91. The summed E-state index contributed by atoms with van der Waals surface area (Å²) in [6, 6.07) is 10.3. The average Bonchev–Trinajstić information content (AvgIpc) is 2.50. The molecule has 0 saturated heterocycles. The zero-order chi connectivity index (χ0) is 16.1. The van der Waals surface area contributed by atoms with Crippen LogP contribution in [-0.2, 0) is 11.2 Å². The van der Waals surface area contributed by atoms with Gasteiger partial charge in [0.25, 0.3) is 0 Å². The number of benzene rings is 1. The first-order valence-electron chi connectivity index (χ1n) is 8.26. The topological polar surface area (TPSA) is 44.1 Å². The first-order chi connectivity index (χ1) is 10.6. The number of hydrogen-bond acceptors (Lipinski definition) is 2. The molecule has 3 atom stereocenters. The van der Waals surface area contributed by atoms with Crippen molar-refractivity contribution in [3.8, 4) is 6.07 Å². The molecular formula is C19H26N2O. The quantitative estimate of drug-likeness (QED) is 0.766. The minimum Gasteiger partial charge on any atom is -0.312 e. The van der Waals surface area contributed by atoms with Crippen LogP contribution in [-0.4, -0.2) is 12.5 Å². The molecule has 1 aromatic carbocycles. The van der Waals surface area contributed by atoms with Crippen molar-refractivity contribution in [3.63, 3.8) is 0 Å². The summed E-state index contributed by atoms with van der Waals surface area (Å²) < 4.78 is 0. The lowest BCUT2D eigenvalue weighted by Crippen LogP contribution is -2.45. The lowest BCUT2D eigenvalue weighted by Gasteiger charge is -2.42. The van der Waals surface area contributed by atoms with Gasteiger partial charge in [0.1, 0.15) is 0 Å². The van der Waals surface area contributed by atoms with Gasteiger partial charge in [-0.3, -0.25) is 4.79 Å². The number of nitrogens with zero attached hydrogens (tertiary/aromatic N) is 2. The van der Waals surface area contributed by atoms with Crippen LogP contribution in [0.25, 0.3) is 0 Å². The summed E-state index contributed by atoms with van der Waals surface area (Å²) in [6.07, 6.45) is 4.92. The van der Waals surface area contributed by atoms with Crippen LogP contribution in [0.4, 0.5) is 5.69 Å². The minimum atomic E-state index is 0.281. The maximum absolute atomic E-state index is 11.8. The molecule has 0 unspecified atom stereocenters. The molecule has 0 bridgehead atoms. The summed E-state index contributed by atoms with van der Waals surface area (Å²) in [5.74, 6) is 1.80. The van der Waals surface area contributed by atoms with Crippen LogP contribution >= 0.6 is 0 Å². The molecule has 1 fully saturated rings. The van der Waals surface area contributed by atoms with Crippen molar-refractivity contribution >= 4 is 12.1 Å². The van der Waals surface area contributed by atoms with E-state index in [0.29, 0.717) is 24.2 Å². The maximum Gasteiger partial charge on any atom is 0.214 e. The molecule has 0 spiro atoms. The van der Waals surface area contributed by atoms with Crippen molar-refractivity contribution in [2.45, 2.75) is 52.5 Å². The van der Waals surface area contributed by atoms with Crippen molar-refractivity contribution in [1.29, 1.82) is 5.26 Å². The van der Waals surface area contributed by atoms with Gasteiger partial charge in [0, 0.05) is 11.7 Å². The molecule has 3 heteroatoms. The number of anilines is 1. The predicted octanol–water partition coefficient (Wildman–Crippen LogP) is 4.18. The van der Waals surface area contributed by atoms with Crippen LogP contribution in [0.1, 0.15) is 45.6 Å². The van der Waals surface area contributed by atoms with Gasteiger partial charge in [-0.15, -0.1) is 0 Å². The molecule has 2 rings (SSSR count). The normalized spacial score (nSPS) is 24.8. The van der Waals surface area contributed by atoms with Gasteiger partial charge in [0.15, 0.2) is 0 Å². The summed E-state index contributed by atoms with van der Waals surface area (Å²) in [7, 11) is 0. The Morgan fingerprint density at radius 2 is 2.00 bits per heavy atom. The van der Waals surface area contributed by atoms with E-state index in [-0.39, 0.29) is 6.04 Å². The average molecular weight is 298 g/mol. The standard InChI is InChI=1S/C19H26N2O/c1-14(2)18-9-4-15(3)12-19(18)21(13-22)17-7-5-16(6-8-17)10-11-20/h5-8,13-15,18-19H,4,9-10,12H2,1-3H3/t15-,18-,19-/m1/s1. The highest BCUT2D eigenvalue weighted by atomic mass is 16.1. The molecule has 22 heavy (non-hydrogen) atoms. The molecule has 0 radical (unpaired) electrons. The second kappa shape index (κ2) is 7.45. The zero-order valence-corrected chi connectivity index (χ0v) is 13.8. The Kier molecular flexibility index (Phi) is 5.60. The largest absolute Gasteiger partial charge is 0.312 e. The molecule has 0 aliphatic heterocycles. The van der Waals surface area contributed by atoms with Crippen LogP contribution < -0.4 is 4.90 Å². The number of carbonyl (C=O) groups is 1. The number of amides is 1. The molecule has 1 amide bonds. The summed E-state index contributed by atoms with van der Waals surface area (Å²) >= 11 is 0. The van der Waals surface area contributed by atoms with Crippen LogP contribution in [0.15, 0.2) is 24.3 Å². The first-order valence-corrected chi connectivity index (χ1v) is 8.26. The molecule has 0 heterocycles. The fourth-order valence-electron chi connectivity index (χ4n) is 3.68. The molecular weight excluding hydrogens is 272 g/mol. The van der Waals surface area contributed by atoms with Gasteiger partial charge in [-0.25, -0.2) is 0 Å². The van der Waals surface area contributed by atoms with E-state index < -0.39 is 0 Å². The van der Waals surface area contributed by atoms with E-state index in [1.54, 1.807) is 0 Å². The van der Waals surface area contributed by atoms with Gasteiger partial charge in [-0.2, -0.15) is 5.26 Å². The Balaban J connectivity index is 2.24. The van der Waals surface area contributed by atoms with E-state index in [0.717, 1.165) is 24.1 Å². The van der Waals surface area contributed by atoms with Gasteiger partial charge in [0.05, 0.1) is 12.5 Å². The number of hydrogen-bond donors (Lipinski definition) is 0. The Morgan fingerprint density at radius 1 is 1.32 bits per heavy atom. The van der Waals surface area contributed by atoms with Crippen LogP contribution in [0.2, 0.25) is 0 Å². The summed E-state index contributed by atoms with van der Waals surface area (Å²) in [5, 5.41) is 8.76. The lowest BCUT2D eigenvalue weighted by atomic mass is 9.73. The zero-order valence-electron chi connectivity index (χ0n) is 13.8. The number of carbonyl (C=O) groups excluding carboxylic acids is 1. The third-order valence-electron chi connectivity index (χ3n) is 4.98. The van der Waals surface area contributed by atoms with Crippen LogP contribution in [0, 0.1) is 29.1 Å². The van der Waals surface area contributed by atoms with Crippen molar-refractivity contribution < 1.29 is 4.79 Å². The van der Waals surface area contributed by atoms with Gasteiger partial charge in [-0.05, 0) is 48.3 Å². The van der Waals surface area contributed by atoms with E-state index >= 15 is 0 Å². The first kappa shape index (κ1) is 16.5. The van der Waals surface area contributed by atoms with Crippen molar-refractivity contribution in [3.05, 3.63) is 29.8 Å². The van der Waals surface area contributed by atoms with Gasteiger partial charge < -0.3 is 4.90 Å². The Bertz CT molecular complexity index is 529. The smallest absolute Gasteiger partial charge is 0.214 e. The van der Waals surface area contributed by atoms with Gasteiger partial charge >= 0.3 is 0 Å². The Hall–Kier alpha value is -1.82. The molecule has 0 aromatic heterocycles. The highest BCUT2D eigenvalue weighted by Crippen LogP contribution is 2.37. The molecule has 1 aliphatic rings. The summed E-state index contributed by atoms with van der Waals surface area (Å²) in [4.78, 5) is 13.7. The van der Waals surface area contributed by atoms with E-state index in [1.807, 2.05) is 29.2 Å². The minimum absolute atomic E-state index is 0.281. The van der Waals surface area contributed by atoms with E-state index in [1.165, 1.54) is 12.8 Å².